The Kier molecular flexibility index (Phi) is 6.94. The van der Waals surface area contributed by atoms with Gasteiger partial charge in [0.1, 0.15) is 16.8 Å². The number of nitrogens with zero attached hydrogens (tertiary/aromatic N) is 2. The summed E-state index contributed by atoms with van der Waals surface area (Å²) in [6.07, 6.45) is 0. The zero-order chi connectivity index (χ0) is 21.9. The van der Waals surface area contributed by atoms with Crippen LogP contribution in [0.5, 0.6) is 5.75 Å². The van der Waals surface area contributed by atoms with Crippen LogP contribution >= 0.6 is 11.8 Å². The third-order valence-corrected chi connectivity index (χ3v) is 5.84. The van der Waals surface area contributed by atoms with Crippen molar-refractivity contribution in [2.24, 2.45) is 16.4 Å². The van der Waals surface area contributed by atoms with Gasteiger partial charge in [0.15, 0.2) is 0 Å². The summed E-state index contributed by atoms with van der Waals surface area (Å²) in [6.45, 7) is 9.26. The molecule has 2 amide bonds. The van der Waals surface area contributed by atoms with Crippen LogP contribution in [-0.4, -0.2) is 51.5 Å². The van der Waals surface area contributed by atoms with E-state index in [0.717, 1.165) is 16.8 Å². The van der Waals surface area contributed by atoms with E-state index in [-0.39, 0.29) is 5.92 Å². The molecule has 8 nitrogen and oxygen atoms in total. The number of carboxylic acids is 1. The molecule has 29 heavy (non-hydrogen) atoms. The summed E-state index contributed by atoms with van der Waals surface area (Å²) in [6, 6.07) is 5.57. The van der Waals surface area contributed by atoms with E-state index in [0.29, 0.717) is 16.4 Å². The molecule has 0 aromatic heterocycles. The van der Waals surface area contributed by atoms with E-state index in [1.165, 1.54) is 7.11 Å². The van der Waals surface area contributed by atoms with E-state index in [2.05, 4.69) is 10.4 Å². The predicted octanol–water partition coefficient (Wildman–Crippen LogP) is 2.80. The van der Waals surface area contributed by atoms with Gasteiger partial charge in [0, 0.05) is 11.0 Å². The van der Waals surface area contributed by atoms with E-state index < -0.39 is 34.6 Å². The summed E-state index contributed by atoms with van der Waals surface area (Å²) in [7, 11) is 1.53. The van der Waals surface area contributed by atoms with Gasteiger partial charge in [-0.25, -0.2) is 9.80 Å². The molecular weight excluding hydrogens is 394 g/mol. The van der Waals surface area contributed by atoms with Crippen LogP contribution in [-0.2, 0) is 9.59 Å². The van der Waals surface area contributed by atoms with Crippen molar-refractivity contribution in [1.82, 2.24) is 10.3 Å². The van der Waals surface area contributed by atoms with Gasteiger partial charge in [-0.05, 0) is 30.2 Å². The Balaban J connectivity index is 2.26. The monoisotopic (exact) mass is 421 g/mol. The Hall–Kier alpha value is -2.55. The van der Waals surface area contributed by atoms with Crippen molar-refractivity contribution in [1.29, 1.82) is 0 Å². The van der Waals surface area contributed by atoms with Gasteiger partial charge >= 0.3 is 5.97 Å². The molecule has 1 aromatic carbocycles. The highest BCUT2D eigenvalue weighted by molar-refractivity contribution is 8.15. The Morgan fingerprint density at radius 3 is 2.24 bits per heavy atom. The number of carbonyl (C=O) groups is 3. The molecule has 2 unspecified atom stereocenters. The molecule has 1 aromatic rings. The summed E-state index contributed by atoms with van der Waals surface area (Å²) in [4.78, 5) is 37.5. The number of methoxy groups -OCH3 is 1. The zero-order valence-corrected chi connectivity index (χ0v) is 18.2. The van der Waals surface area contributed by atoms with Crippen LogP contribution in [0.15, 0.2) is 29.4 Å². The molecule has 1 aliphatic heterocycles. The number of hydrogen-bond donors (Lipinski definition) is 2. The van der Waals surface area contributed by atoms with Gasteiger partial charge in [0.25, 0.3) is 11.8 Å². The van der Waals surface area contributed by atoms with Crippen molar-refractivity contribution in [3.63, 3.8) is 0 Å². The summed E-state index contributed by atoms with van der Waals surface area (Å²) >= 11 is 1.04. The maximum absolute atomic E-state index is 13.1. The molecule has 0 radical (unpaired) electrons. The molecular formula is C20H27N3O5S. The fraction of sp³-hybridized carbons (Fsp3) is 0.500. The molecule has 0 spiro atoms. The standard InChI is InChI=1S/C20H27N3O5S/c1-11(2)14(21-15(24)12-7-9-13(28-6)10-8-12)16(25)23-17(18(26)27)29-19(22-23)20(3,4)5/h7-11,14,17H,1-6H3,(H,21,24)(H,26,27). The second-order valence-corrected chi connectivity index (χ2v) is 9.14. The minimum absolute atomic E-state index is 0.266. The molecule has 2 atom stereocenters. The van der Waals surface area contributed by atoms with E-state index >= 15 is 0 Å². The van der Waals surface area contributed by atoms with E-state index in [1.54, 1.807) is 38.1 Å². The highest BCUT2D eigenvalue weighted by atomic mass is 32.2. The van der Waals surface area contributed by atoms with Crippen LogP contribution in [0.1, 0.15) is 45.0 Å². The molecule has 0 bridgehead atoms. The fourth-order valence-electron chi connectivity index (χ4n) is 2.60. The predicted molar refractivity (Wildman–Crippen MR) is 112 cm³/mol. The Bertz CT molecular complexity index is 814. The third-order valence-electron chi connectivity index (χ3n) is 4.29. The van der Waals surface area contributed by atoms with E-state index in [4.69, 9.17) is 4.74 Å². The first kappa shape index (κ1) is 22.7. The molecule has 2 N–H and O–H groups in total. The summed E-state index contributed by atoms with van der Waals surface area (Å²) < 4.78 is 5.08. The van der Waals surface area contributed by atoms with Crippen LogP contribution in [0.4, 0.5) is 0 Å². The van der Waals surface area contributed by atoms with Crippen LogP contribution in [0.25, 0.3) is 0 Å². The SMILES string of the molecule is COc1ccc(C(=O)NC(C(=O)N2N=C(C(C)(C)C)SC2C(=O)O)C(C)C)cc1. The van der Waals surface area contributed by atoms with Crippen molar-refractivity contribution >= 4 is 34.6 Å². The summed E-state index contributed by atoms with van der Waals surface area (Å²) in [5.74, 6) is -1.80. The van der Waals surface area contributed by atoms with Crippen molar-refractivity contribution in [3.8, 4) is 5.75 Å². The van der Waals surface area contributed by atoms with Gasteiger partial charge < -0.3 is 15.2 Å². The van der Waals surface area contributed by atoms with Gasteiger partial charge in [-0.3, -0.25) is 9.59 Å². The largest absolute Gasteiger partial charge is 0.497 e. The molecule has 9 heteroatoms. The third kappa shape index (κ3) is 5.29. The Labute approximate surface area is 174 Å². The molecule has 0 saturated heterocycles. The van der Waals surface area contributed by atoms with Gasteiger partial charge in [-0.15, -0.1) is 0 Å². The highest BCUT2D eigenvalue weighted by Crippen LogP contribution is 2.36. The maximum Gasteiger partial charge on any atom is 0.339 e. The topological polar surface area (TPSA) is 108 Å². The van der Waals surface area contributed by atoms with Crippen molar-refractivity contribution in [2.45, 2.75) is 46.0 Å². The molecule has 1 heterocycles. The maximum atomic E-state index is 13.1. The first-order valence-corrected chi connectivity index (χ1v) is 10.1. The molecule has 2 rings (SSSR count). The fourth-order valence-corrected chi connectivity index (χ4v) is 3.65. The normalized spacial score (nSPS) is 17.7. The summed E-state index contributed by atoms with van der Waals surface area (Å²) in [5, 5.41) is 16.9. The number of amides is 2. The van der Waals surface area contributed by atoms with Crippen LogP contribution in [0.2, 0.25) is 0 Å². The van der Waals surface area contributed by atoms with E-state index in [9.17, 15) is 19.5 Å². The second kappa shape index (κ2) is 8.86. The second-order valence-electron chi connectivity index (χ2n) is 8.07. The number of rotatable bonds is 6. The van der Waals surface area contributed by atoms with Gasteiger partial charge in [-0.2, -0.15) is 5.10 Å². The van der Waals surface area contributed by atoms with Crippen LogP contribution in [0, 0.1) is 11.3 Å². The number of carbonyl (C=O) groups excluding carboxylic acids is 2. The van der Waals surface area contributed by atoms with Crippen molar-refractivity contribution in [2.75, 3.05) is 7.11 Å². The Morgan fingerprint density at radius 1 is 1.21 bits per heavy atom. The first-order valence-electron chi connectivity index (χ1n) is 9.22. The smallest absolute Gasteiger partial charge is 0.339 e. The van der Waals surface area contributed by atoms with Gasteiger partial charge in [0.2, 0.25) is 5.37 Å². The number of carboxylic acid groups (broad SMARTS) is 1. The number of hydrazone groups is 1. The number of hydrogen-bond acceptors (Lipinski definition) is 6. The molecule has 0 saturated carbocycles. The minimum atomic E-state index is -1.16. The molecule has 0 fully saturated rings. The van der Waals surface area contributed by atoms with Crippen molar-refractivity contribution in [3.05, 3.63) is 29.8 Å². The van der Waals surface area contributed by atoms with Gasteiger partial charge in [0.05, 0.1) is 7.11 Å². The van der Waals surface area contributed by atoms with Crippen LogP contribution in [0.3, 0.4) is 0 Å². The molecule has 158 valence electrons. The number of nitrogens with one attached hydrogen (secondary N) is 1. The lowest BCUT2D eigenvalue weighted by molar-refractivity contribution is -0.147. The lowest BCUT2D eigenvalue weighted by Gasteiger charge is -2.26. The minimum Gasteiger partial charge on any atom is -0.497 e. The van der Waals surface area contributed by atoms with Crippen LogP contribution < -0.4 is 10.1 Å². The number of aliphatic carboxylic acids is 1. The lowest BCUT2D eigenvalue weighted by atomic mass is 9.99. The number of ether oxygens (including phenoxy) is 1. The number of thioether (sulfide) groups is 1. The highest BCUT2D eigenvalue weighted by Gasteiger charge is 2.43. The molecule has 0 aliphatic carbocycles. The van der Waals surface area contributed by atoms with Gasteiger partial charge in [-0.1, -0.05) is 46.4 Å². The average Bonchev–Trinajstić information content (AvgIpc) is 3.11. The van der Waals surface area contributed by atoms with Crippen molar-refractivity contribution < 1.29 is 24.2 Å². The first-order chi connectivity index (χ1) is 13.5. The van der Waals surface area contributed by atoms with E-state index in [1.807, 2.05) is 20.8 Å². The average molecular weight is 422 g/mol. The quantitative estimate of drug-likeness (QED) is 0.731. The molecule has 1 aliphatic rings. The lowest BCUT2D eigenvalue weighted by Crippen LogP contribution is -2.52. The Morgan fingerprint density at radius 2 is 1.79 bits per heavy atom. The number of benzene rings is 1. The summed E-state index contributed by atoms with van der Waals surface area (Å²) in [5.41, 5.74) is -0.0266. The zero-order valence-electron chi connectivity index (χ0n) is 17.4.